The van der Waals surface area contributed by atoms with Crippen LogP contribution < -0.4 is 19.8 Å². The van der Waals surface area contributed by atoms with Gasteiger partial charge < -0.3 is 19.1 Å². The van der Waals surface area contributed by atoms with Crippen molar-refractivity contribution in [1.82, 2.24) is 0 Å². The number of benzene rings is 1. The zero-order valence-corrected chi connectivity index (χ0v) is 12.1. The lowest BCUT2D eigenvalue weighted by atomic mass is 10.2. The first-order chi connectivity index (χ1) is 9.85. The third kappa shape index (κ3) is 4.28. The molecule has 0 saturated carbocycles. The Kier molecular flexibility index (Phi) is 7.22. The number of hydrogen-bond donors (Lipinski definition) is 1. The Bertz CT molecular complexity index is 417. The monoisotopic (exact) mass is 280 g/mol. The van der Waals surface area contributed by atoms with Gasteiger partial charge in [-0.25, -0.2) is 0 Å². The molecule has 2 rings (SSSR count). The maximum atomic E-state index is 6.25. The van der Waals surface area contributed by atoms with E-state index in [4.69, 9.17) is 25.0 Å². The molecular formula is C14H22N3O3+. The number of anilines is 1. The van der Waals surface area contributed by atoms with E-state index in [0.717, 1.165) is 43.5 Å². The summed E-state index contributed by atoms with van der Waals surface area (Å²) in [7, 11) is 0. The van der Waals surface area contributed by atoms with Crippen molar-refractivity contribution in [3.8, 4) is 11.5 Å². The van der Waals surface area contributed by atoms with Gasteiger partial charge in [0.15, 0.2) is 0 Å². The van der Waals surface area contributed by atoms with Gasteiger partial charge in [-0.15, -0.1) is 0 Å². The van der Waals surface area contributed by atoms with Gasteiger partial charge in [0.1, 0.15) is 11.5 Å². The molecule has 0 radical (unpaired) electrons. The van der Waals surface area contributed by atoms with Crippen LogP contribution in [0.15, 0.2) is 18.2 Å². The highest BCUT2D eigenvalue weighted by molar-refractivity contribution is 5.61. The van der Waals surface area contributed by atoms with E-state index in [1.54, 1.807) is 0 Å². The molecule has 0 aromatic heterocycles. The van der Waals surface area contributed by atoms with Crippen molar-refractivity contribution >= 4 is 5.69 Å². The molecule has 1 heterocycles. The highest BCUT2D eigenvalue weighted by Crippen LogP contribution is 2.33. The van der Waals surface area contributed by atoms with Crippen LogP contribution in [0.5, 0.6) is 11.5 Å². The average molecular weight is 280 g/mol. The molecule has 6 nitrogen and oxygen atoms in total. The Labute approximate surface area is 119 Å². The molecule has 20 heavy (non-hydrogen) atoms. The SMILES string of the molecule is CCOc1ccc(OCC)c(N2CCOCC2)c1.N#[NH+]. The first kappa shape index (κ1) is 16.1. The second-order valence-electron chi connectivity index (χ2n) is 4.09. The van der Waals surface area contributed by atoms with Crippen LogP contribution in [0.1, 0.15) is 13.8 Å². The smallest absolute Gasteiger partial charge is 0.212 e. The quantitative estimate of drug-likeness (QED) is 0.799. The number of rotatable bonds is 5. The number of hydrogen-bond acceptors (Lipinski definition) is 5. The summed E-state index contributed by atoms with van der Waals surface area (Å²) in [4.78, 5) is 2.29. The van der Waals surface area contributed by atoms with Crippen molar-refractivity contribution in [2.24, 2.45) is 0 Å². The van der Waals surface area contributed by atoms with Gasteiger partial charge in [-0.05, 0) is 26.0 Å². The van der Waals surface area contributed by atoms with Crippen LogP contribution in [0.25, 0.3) is 0 Å². The Balaban J connectivity index is 0.000000956. The van der Waals surface area contributed by atoms with Gasteiger partial charge in [0, 0.05) is 19.2 Å². The van der Waals surface area contributed by atoms with Gasteiger partial charge in [0.2, 0.25) is 5.39 Å². The molecule has 1 aliphatic heterocycles. The lowest BCUT2D eigenvalue weighted by Crippen LogP contribution is -2.36. The number of ether oxygens (including phenoxy) is 3. The largest absolute Gasteiger partial charge is 0.494 e. The Morgan fingerprint density at radius 2 is 1.80 bits per heavy atom. The maximum absolute atomic E-state index is 6.25. The summed E-state index contributed by atoms with van der Waals surface area (Å²) < 4.78 is 16.6. The zero-order chi connectivity index (χ0) is 14.8. The molecule has 1 saturated heterocycles. The predicted molar refractivity (Wildman–Crippen MR) is 74.5 cm³/mol. The van der Waals surface area contributed by atoms with Crippen LogP contribution in [-0.4, -0.2) is 39.5 Å². The topological polar surface area (TPSA) is 78.5 Å². The molecule has 110 valence electrons. The van der Waals surface area contributed by atoms with Crippen molar-refractivity contribution < 1.29 is 19.6 Å². The molecule has 1 N–H and O–H groups in total. The van der Waals surface area contributed by atoms with Crippen molar-refractivity contribution in [1.29, 1.82) is 5.39 Å². The van der Waals surface area contributed by atoms with Crippen LogP contribution in [0.3, 0.4) is 0 Å². The molecule has 1 aromatic rings. The summed E-state index contributed by atoms with van der Waals surface area (Å²) in [5.74, 6) is 1.81. The van der Waals surface area contributed by atoms with E-state index >= 15 is 0 Å². The summed E-state index contributed by atoms with van der Waals surface area (Å²) >= 11 is 0. The summed E-state index contributed by atoms with van der Waals surface area (Å²) in [6.45, 7) is 8.67. The van der Waals surface area contributed by atoms with Gasteiger partial charge in [-0.1, -0.05) is 0 Å². The highest BCUT2D eigenvalue weighted by Gasteiger charge is 2.16. The minimum Gasteiger partial charge on any atom is -0.494 e. The minimum absolute atomic E-state index is 0.672. The number of diazo groups is 1. The fraction of sp³-hybridized carbons (Fsp3) is 0.571. The number of nitrogens with zero attached hydrogens (tertiary/aromatic N) is 2. The molecule has 1 fully saturated rings. The van der Waals surface area contributed by atoms with E-state index in [0.29, 0.717) is 13.2 Å². The maximum Gasteiger partial charge on any atom is 0.212 e. The molecule has 0 atom stereocenters. The fourth-order valence-corrected chi connectivity index (χ4v) is 2.08. The number of morpholine rings is 1. The number of nitrogens with one attached hydrogen (secondary N) is 1. The zero-order valence-electron chi connectivity index (χ0n) is 12.1. The van der Waals surface area contributed by atoms with Gasteiger partial charge in [-0.2, -0.15) is 0 Å². The summed E-state index contributed by atoms with van der Waals surface area (Å²) in [6, 6.07) is 6.00. The van der Waals surface area contributed by atoms with Crippen LogP contribution in [0.2, 0.25) is 0 Å². The fourth-order valence-electron chi connectivity index (χ4n) is 2.08. The highest BCUT2D eigenvalue weighted by atomic mass is 16.5. The lowest BCUT2D eigenvalue weighted by molar-refractivity contribution is -0.175. The van der Waals surface area contributed by atoms with Crippen molar-refractivity contribution in [3.63, 3.8) is 0 Å². The van der Waals surface area contributed by atoms with Crippen LogP contribution in [0.4, 0.5) is 5.69 Å². The second-order valence-corrected chi connectivity index (χ2v) is 4.09. The lowest BCUT2D eigenvalue weighted by Gasteiger charge is -2.30. The van der Waals surface area contributed by atoms with E-state index < -0.39 is 0 Å². The summed E-state index contributed by atoms with van der Waals surface area (Å²) in [5.41, 5.74) is 1.10. The molecule has 0 spiro atoms. The van der Waals surface area contributed by atoms with E-state index in [-0.39, 0.29) is 0 Å². The first-order valence-electron chi connectivity index (χ1n) is 6.79. The van der Waals surface area contributed by atoms with Crippen molar-refractivity contribution in [3.05, 3.63) is 18.2 Å². The normalized spacial score (nSPS) is 14.1. The predicted octanol–water partition coefficient (Wildman–Crippen LogP) is 0.600. The molecule has 0 amide bonds. The van der Waals surface area contributed by atoms with Gasteiger partial charge >= 0.3 is 0 Å². The first-order valence-corrected chi connectivity index (χ1v) is 6.79. The molecule has 6 heteroatoms. The van der Waals surface area contributed by atoms with Crippen LogP contribution in [0, 0.1) is 5.39 Å². The van der Waals surface area contributed by atoms with E-state index in [1.807, 2.05) is 26.0 Å². The molecule has 1 aromatic carbocycles. The standard InChI is InChI=1S/C14H21NO3.N2/c1-3-17-12-5-6-14(18-4-2)13(11-12)15-7-9-16-10-8-15;1-2/h5-6,11H,3-4,7-10H2,1-2H3;/p+1. The van der Waals surface area contributed by atoms with Gasteiger partial charge in [0.05, 0.1) is 37.5 Å². The Hall–Kier alpha value is -2.00. The van der Waals surface area contributed by atoms with Gasteiger partial charge in [0.25, 0.3) is 0 Å². The molecular weight excluding hydrogens is 258 g/mol. The molecule has 0 unspecified atom stereocenters. The summed E-state index contributed by atoms with van der Waals surface area (Å²) in [5, 5.41) is 11.0. The Morgan fingerprint density at radius 1 is 1.15 bits per heavy atom. The van der Waals surface area contributed by atoms with E-state index in [2.05, 4.69) is 11.0 Å². The van der Waals surface area contributed by atoms with Gasteiger partial charge in [-0.3, -0.25) is 0 Å². The molecule has 1 aliphatic rings. The summed E-state index contributed by atoms with van der Waals surface area (Å²) in [6.07, 6.45) is 0. The molecule has 0 aliphatic carbocycles. The Morgan fingerprint density at radius 3 is 2.40 bits per heavy atom. The average Bonchev–Trinajstić information content (AvgIpc) is 2.52. The van der Waals surface area contributed by atoms with E-state index in [1.165, 1.54) is 0 Å². The third-order valence-corrected chi connectivity index (χ3v) is 2.89. The third-order valence-electron chi connectivity index (χ3n) is 2.89. The van der Waals surface area contributed by atoms with Crippen molar-refractivity contribution in [2.75, 3.05) is 44.4 Å². The van der Waals surface area contributed by atoms with Crippen molar-refractivity contribution in [2.45, 2.75) is 13.8 Å². The molecule has 0 bridgehead atoms. The van der Waals surface area contributed by atoms with E-state index in [9.17, 15) is 0 Å². The minimum atomic E-state index is 0.672. The van der Waals surface area contributed by atoms with Crippen LogP contribution >= 0.6 is 0 Å². The van der Waals surface area contributed by atoms with Crippen LogP contribution in [-0.2, 0) is 4.74 Å². The second kappa shape index (κ2) is 8.99.